The highest BCUT2D eigenvalue weighted by Crippen LogP contribution is 2.05. The van der Waals surface area contributed by atoms with Gasteiger partial charge in [-0.15, -0.1) is 0 Å². The van der Waals surface area contributed by atoms with Crippen LogP contribution in [0.4, 0.5) is 0 Å². The topological polar surface area (TPSA) is 43.1 Å². The van der Waals surface area contributed by atoms with Gasteiger partial charge in [-0.3, -0.25) is 4.79 Å². The van der Waals surface area contributed by atoms with Gasteiger partial charge in [0.2, 0.25) is 5.91 Å². The third-order valence-electron chi connectivity index (χ3n) is 1.99. The predicted molar refractivity (Wildman–Crippen MR) is 61.1 cm³/mol. The quantitative estimate of drug-likeness (QED) is 0.745. The molecule has 0 spiro atoms. The molecule has 0 unspecified atom stereocenters. The molecule has 0 saturated heterocycles. The molecule has 2 heteroatoms. The van der Waals surface area contributed by atoms with Crippen molar-refractivity contribution in [2.24, 2.45) is 5.73 Å². The molecule has 0 radical (unpaired) electrons. The molecule has 0 heterocycles. The van der Waals surface area contributed by atoms with E-state index >= 15 is 0 Å². The van der Waals surface area contributed by atoms with E-state index in [-0.39, 0.29) is 12.3 Å². The lowest BCUT2D eigenvalue weighted by atomic mass is 10.1. The first-order chi connectivity index (χ1) is 7.22. The number of hydrogen-bond donors (Lipinski definition) is 1. The Hall–Kier alpha value is -1.75. The third-order valence-corrected chi connectivity index (χ3v) is 1.99. The van der Waals surface area contributed by atoms with Gasteiger partial charge in [-0.1, -0.05) is 37.3 Å². The standard InChI is InChI=1S/C13H15NO/c1-2-4-11-7-9-12(10-8-11)5-3-6-13(14)15/h7-10H,2,4,6H2,1H3,(H2,14,15). The zero-order valence-electron chi connectivity index (χ0n) is 8.92. The number of hydrogen-bond acceptors (Lipinski definition) is 1. The van der Waals surface area contributed by atoms with Crippen molar-refractivity contribution in [1.29, 1.82) is 0 Å². The second-order valence-corrected chi connectivity index (χ2v) is 3.39. The smallest absolute Gasteiger partial charge is 0.229 e. The molecule has 0 saturated carbocycles. The molecule has 1 aromatic carbocycles. The minimum Gasteiger partial charge on any atom is -0.369 e. The van der Waals surface area contributed by atoms with Gasteiger partial charge in [-0.2, -0.15) is 0 Å². The molecule has 0 bridgehead atoms. The lowest BCUT2D eigenvalue weighted by Crippen LogP contribution is -2.08. The van der Waals surface area contributed by atoms with Crippen molar-refractivity contribution in [3.8, 4) is 11.8 Å². The highest BCUT2D eigenvalue weighted by Gasteiger charge is 1.91. The molecule has 0 aliphatic carbocycles. The number of benzene rings is 1. The number of carbonyl (C=O) groups excluding carboxylic acids is 1. The molecule has 0 fully saturated rings. The lowest BCUT2D eigenvalue weighted by Gasteiger charge is -1.97. The van der Waals surface area contributed by atoms with Gasteiger partial charge >= 0.3 is 0 Å². The molecular weight excluding hydrogens is 186 g/mol. The van der Waals surface area contributed by atoms with Crippen LogP contribution in [-0.2, 0) is 11.2 Å². The zero-order valence-corrected chi connectivity index (χ0v) is 8.92. The molecular formula is C13H15NO. The molecule has 1 rings (SSSR count). The van der Waals surface area contributed by atoms with Gasteiger partial charge in [0.25, 0.3) is 0 Å². The number of rotatable bonds is 3. The molecule has 2 nitrogen and oxygen atoms in total. The van der Waals surface area contributed by atoms with Gasteiger partial charge in [-0.05, 0) is 24.1 Å². The fourth-order valence-corrected chi connectivity index (χ4v) is 1.28. The molecule has 15 heavy (non-hydrogen) atoms. The normalized spacial score (nSPS) is 9.13. The Labute approximate surface area is 90.5 Å². The summed E-state index contributed by atoms with van der Waals surface area (Å²) in [7, 11) is 0. The molecule has 0 aliphatic heterocycles. The summed E-state index contributed by atoms with van der Waals surface area (Å²) < 4.78 is 0. The van der Waals surface area contributed by atoms with Crippen LogP contribution in [0.5, 0.6) is 0 Å². The number of amides is 1. The van der Waals surface area contributed by atoms with E-state index in [1.807, 2.05) is 12.1 Å². The lowest BCUT2D eigenvalue weighted by molar-refractivity contribution is -0.117. The summed E-state index contributed by atoms with van der Waals surface area (Å²) in [6, 6.07) is 8.08. The van der Waals surface area contributed by atoms with Crippen molar-refractivity contribution in [2.45, 2.75) is 26.2 Å². The number of nitrogens with two attached hydrogens (primary N) is 1. The monoisotopic (exact) mass is 201 g/mol. The van der Waals surface area contributed by atoms with Crippen LogP contribution in [0.25, 0.3) is 0 Å². The average molecular weight is 201 g/mol. The van der Waals surface area contributed by atoms with Gasteiger partial charge in [0.15, 0.2) is 0 Å². The van der Waals surface area contributed by atoms with Crippen LogP contribution in [0.15, 0.2) is 24.3 Å². The second kappa shape index (κ2) is 5.87. The van der Waals surface area contributed by atoms with Crippen molar-refractivity contribution < 1.29 is 4.79 Å². The van der Waals surface area contributed by atoms with Crippen molar-refractivity contribution in [2.75, 3.05) is 0 Å². The molecule has 1 aromatic rings. The maximum Gasteiger partial charge on any atom is 0.229 e. The van der Waals surface area contributed by atoms with Crippen LogP contribution >= 0.6 is 0 Å². The highest BCUT2D eigenvalue weighted by atomic mass is 16.1. The Morgan fingerprint density at radius 1 is 1.33 bits per heavy atom. The van der Waals surface area contributed by atoms with E-state index in [1.165, 1.54) is 5.56 Å². The molecule has 0 aliphatic rings. The predicted octanol–water partition coefficient (Wildman–Crippen LogP) is 1.87. The Kier molecular flexibility index (Phi) is 4.43. The highest BCUT2D eigenvalue weighted by molar-refractivity contribution is 5.76. The van der Waals surface area contributed by atoms with Gasteiger partial charge in [0, 0.05) is 5.56 Å². The van der Waals surface area contributed by atoms with E-state index in [1.54, 1.807) is 0 Å². The fourth-order valence-electron chi connectivity index (χ4n) is 1.28. The Bertz CT molecular complexity index is 381. The summed E-state index contributed by atoms with van der Waals surface area (Å²) >= 11 is 0. The van der Waals surface area contributed by atoms with Crippen molar-refractivity contribution >= 4 is 5.91 Å². The largest absolute Gasteiger partial charge is 0.369 e. The molecule has 0 atom stereocenters. The Balaban J connectivity index is 2.62. The Morgan fingerprint density at radius 2 is 2.00 bits per heavy atom. The minimum atomic E-state index is -0.384. The third kappa shape index (κ3) is 4.33. The van der Waals surface area contributed by atoms with Crippen LogP contribution < -0.4 is 5.73 Å². The SMILES string of the molecule is CCCc1ccc(C#CCC(N)=O)cc1. The summed E-state index contributed by atoms with van der Waals surface area (Å²) in [4.78, 5) is 10.4. The van der Waals surface area contributed by atoms with Crippen molar-refractivity contribution in [3.63, 3.8) is 0 Å². The van der Waals surface area contributed by atoms with Crippen LogP contribution in [0.1, 0.15) is 30.9 Å². The first-order valence-electron chi connectivity index (χ1n) is 5.08. The maximum atomic E-state index is 10.4. The average Bonchev–Trinajstić information content (AvgIpc) is 2.20. The van der Waals surface area contributed by atoms with E-state index in [4.69, 9.17) is 5.73 Å². The number of aryl methyl sites for hydroxylation is 1. The van der Waals surface area contributed by atoms with Crippen LogP contribution in [0.3, 0.4) is 0 Å². The van der Waals surface area contributed by atoms with Crippen molar-refractivity contribution in [3.05, 3.63) is 35.4 Å². The van der Waals surface area contributed by atoms with Crippen LogP contribution in [0, 0.1) is 11.8 Å². The zero-order chi connectivity index (χ0) is 11.1. The van der Waals surface area contributed by atoms with E-state index in [9.17, 15) is 4.79 Å². The summed E-state index contributed by atoms with van der Waals surface area (Å²) in [6.45, 7) is 2.15. The minimum absolute atomic E-state index is 0.122. The summed E-state index contributed by atoms with van der Waals surface area (Å²) in [5.41, 5.74) is 7.22. The first kappa shape index (κ1) is 11.3. The van der Waals surface area contributed by atoms with Gasteiger partial charge in [-0.25, -0.2) is 0 Å². The fraction of sp³-hybridized carbons (Fsp3) is 0.308. The molecule has 1 amide bonds. The summed E-state index contributed by atoms with van der Waals surface area (Å²) in [5, 5.41) is 0. The molecule has 0 aromatic heterocycles. The van der Waals surface area contributed by atoms with Gasteiger partial charge in [0.1, 0.15) is 0 Å². The van der Waals surface area contributed by atoms with E-state index in [0.29, 0.717) is 0 Å². The summed E-state index contributed by atoms with van der Waals surface area (Å²) in [6.07, 6.45) is 2.36. The van der Waals surface area contributed by atoms with Crippen LogP contribution in [-0.4, -0.2) is 5.91 Å². The molecule has 2 N–H and O–H groups in total. The maximum absolute atomic E-state index is 10.4. The van der Waals surface area contributed by atoms with E-state index in [0.717, 1.165) is 18.4 Å². The second-order valence-electron chi connectivity index (χ2n) is 3.39. The summed E-state index contributed by atoms with van der Waals surface area (Å²) in [5.74, 6) is 5.24. The van der Waals surface area contributed by atoms with Crippen LogP contribution in [0.2, 0.25) is 0 Å². The van der Waals surface area contributed by atoms with Gasteiger partial charge in [0.05, 0.1) is 6.42 Å². The number of carbonyl (C=O) groups is 1. The van der Waals surface area contributed by atoms with Gasteiger partial charge < -0.3 is 5.73 Å². The van der Waals surface area contributed by atoms with E-state index < -0.39 is 0 Å². The Morgan fingerprint density at radius 3 is 2.53 bits per heavy atom. The first-order valence-corrected chi connectivity index (χ1v) is 5.08. The van der Waals surface area contributed by atoms with Crippen molar-refractivity contribution in [1.82, 2.24) is 0 Å². The number of primary amides is 1. The van der Waals surface area contributed by atoms with E-state index in [2.05, 4.69) is 30.9 Å². The molecule has 78 valence electrons.